The van der Waals surface area contributed by atoms with Gasteiger partial charge in [-0.1, -0.05) is 20.8 Å². The number of nitrogens with zero attached hydrogens (tertiary/aromatic N) is 5. The highest BCUT2D eigenvalue weighted by Crippen LogP contribution is 2.31. The monoisotopic (exact) mass is 410 g/mol. The molecule has 1 aliphatic rings. The zero-order valence-electron chi connectivity index (χ0n) is 18.1. The number of amides is 1. The van der Waals surface area contributed by atoms with E-state index in [0.29, 0.717) is 18.8 Å². The largest absolute Gasteiger partial charge is 0.354 e. The van der Waals surface area contributed by atoms with Crippen LogP contribution in [0, 0.1) is 0 Å². The fourth-order valence-corrected chi connectivity index (χ4v) is 4.08. The number of H-pyrrole nitrogens is 1. The second kappa shape index (κ2) is 7.71. The Morgan fingerprint density at radius 1 is 1.40 bits per heavy atom. The molecule has 1 fully saturated rings. The molecule has 9 nitrogen and oxygen atoms in total. The molecule has 30 heavy (non-hydrogen) atoms. The van der Waals surface area contributed by atoms with E-state index in [0.717, 1.165) is 41.9 Å². The maximum atomic E-state index is 12.7. The third-order valence-electron chi connectivity index (χ3n) is 5.92. The standard InChI is InChI=1S/C21H30N8O/c1-5-14-9-23-18-17(14)19(26-12-25-18)29-7-6-21(22,11-29)10-24-20(30)16-8-15(13(2)3)27-28(16)4/h8-9,12-13H,5-7,10-11,22H2,1-4H3,(H,24,30)(H,23,25,26)/t21-/m0/s1. The van der Waals surface area contributed by atoms with Gasteiger partial charge < -0.3 is 20.9 Å². The predicted octanol–water partition coefficient (Wildman–Crippen LogP) is 1.71. The molecule has 0 radical (unpaired) electrons. The van der Waals surface area contributed by atoms with Crippen LogP contribution in [0.5, 0.6) is 0 Å². The molecule has 1 aliphatic heterocycles. The Hall–Kier alpha value is -2.94. The molecule has 4 rings (SSSR count). The van der Waals surface area contributed by atoms with Crippen molar-refractivity contribution in [1.82, 2.24) is 30.0 Å². The number of hydrogen-bond donors (Lipinski definition) is 3. The molecule has 3 aromatic heterocycles. The molecule has 1 amide bonds. The molecule has 0 spiro atoms. The molecule has 0 aliphatic carbocycles. The summed E-state index contributed by atoms with van der Waals surface area (Å²) in [5.74, 6) is 1.03. The molecular formula is C21H30N8O. The van der Waals surface area contributed by atoms with Gasteiger partial charge in [0.2, 0.25) is 0 Å². The molecule has 4 N–H and O–H groups in total. The van der Waals surface area contributed by atoms with Crippen molar-refractivity contribution in [3.63, 3.8) is 0 Å². The van der Waals surface area contributed by atoms with Crippen molar-refractivity contribution in [3.8, 4) is 0 Å². The van der Waals surface area contributed by atoms with E-state index in [1.54, 1.807) is 18.1 Å². The normalized spacial score (nSPS) is 19.2. The van der Waals surface area contributed by atoms with E-state index in [4.69, 9.17) is 5.73 Å². The SMILES string of the molecule is CCc1c[nH]c2ncnc(N3CC[C@](N)(CNC(=O)c4cc(C(C)C)nn4C)C3)c12. The number of carbonyl (C=O) groups excluding carboxylic acids is 1. The lowest BCUT2D eigenvalue weighted by Gasteiger charge is -2.25. The number of nitrogens with one attached hydrogen (secondary N) is 2. The summed E-state index contributed by atoms with van der Waals surface area (Å²) in [5, 5.41) is 8.49. The summed E-state index contributed by atoms with van der Waals surface area (Å²) in [5.41, 5.74) is 9.64. The van der Waals surface area contributed by atoms with Crippen LogP contribution in [0.3, 0.4) is 0 Å². The van der Waals surface area contributed by atoms with Gasteiger partial charge in [0, 0.05) is 32.9 Å². The maximum absolute atomic E-state index is 12.7. The lowest BCUT2D eigenvalue weighted by molar-refractivity contribution is 0.0935. The third kappa shape index (κ3) is 3.65. The average Bonchev–Trinajstić information content (AvgIpc) is 3.42. The second-order valence-corrected chi connectivity index (χ2v) is 8.54. The zero-order chi connectivity index (χ0) is 21.5. The van der Waals surface area contributed by atoms with Crippen LogP contribution in [0.1, 0.15) is 54.9 Å². The first-order valence-electron chi connectivity index (χ1n) is 10.5. The number of rotatable bonds is 6. The van der Waals surface area contributed by atoms with Gasteiger partial charge in [-0.15, -0.1) is 0 Å². The molecule has 3 aromatic rings. The summed E-state index contributed by atoms with van der Waals surface area (Å²) >= 11 is 0. The van der Waals surface area contributed by atoms with E-state index >= 15 is 0 Å². The number of aromatic amines is 1. The van der Waals surface area contributed by atoms with Gasteiger partial charge in [0.15, 0.2) is 0 Å². The summed E-state index contributed by atoms with van der Waals surface area (Å²) in [6.45, 7) is 8.04. The minimum atomic E-state index is -0.519. The molecule has 1 atom stereocenters. The number of fused-ring (bicyclic) bond motifs is 1. The molecule has 0 saturated carbocycles. The van der Waals surface area contributed by atoms with Crippen molar-refractivity contribution < 1.29 is 4.79 Å². The Kier molecular flexibility index (Phi) is 5.23. The van der Waals surface area contributed by atoms with E-state index in [9.17, 15) is 4.79 Å². The minimum Gasteiger partial charge on any atom is -0.354 e. The van der Waals surface area contributed by atoms with Gasteiger partial charge in [0.1, 0.15) is 23.5 Å². The number of nitrogens with two attached hydrogens (primary N) is 1. The smallest absolute Gasteiger partial charge is 0.269 e. The average molecular weight is 411 g/mol. The van der Waals surface area contributed by atoms with E-state index < -0.39 is 5.54 Å². The second-order valence-electron chi connectivity index (χ2n) is 8.54. The first kappa shape index (κ1) is 20.3. The number of aromatic nitrogens is 5. The van der Waals surface area contributed by atoms with Crippen LogP contribution < -0.4 is 16.0 Å². The fourth-order valence-electron chi connectivity index (χ4n) is 4.08. The fraction of sp³-hybridized carbons (Fsp3) is 0.524. The Morgan fingerprint density at radius 3 is 2.90 bits per heavy atom. The molecule has 1 saturated heterocycles. The number of hydrogen-bond acceptors (Lipinski definition) is 6. The van der Waals surface area contributed by atoms with Crippen LogP contribution >= 0.6 is 0 Å². The molecule has 160 valence electrons. The van der Waals surface area contributed by atoms with E-state index in [1.807, 2.05) is 12.3 Å². The van der Waals surface area contributed by atoms with E-state index in [1.165, 1.54) is 5.56 Å². The van der Waals surface area contributed by atoms with Crippen LogP contribution in [0.25, 0.3) is 11.0 Å². The van der Waals surface area contributed by atoms with Gasteiger partial charge in [-0.05, 0) is 30.4 Å². The molecule has 4 heterocycles. The van der Waals surface area contributed by atoms with Gasteiger partial charge in [-0.2, -0.15) is 5.10 Å². The number of carbonyl (C=O) groups is 1. The molecule has 0 unspecified atom stereocenters. The summed E-state index contributed by atoms with van der Waals surface area (Å²) in [4.78, 5) is 27.0. The van der Waals surface area contributed by atoms with Crippen molar-refractivity contribution in [3.05, 3.63) is 35.5 Å². The zero-order valence-corrected chi connectivity index (χ0v) is 18.1. The summed E-state index contributed by atoms with van der Waals surface area (Å²) in [6.07, 6.45) is 5.25. The van der Waals surface area contributed by atoms with Gasteiger partial charge in [0.25, 0.3) is 5.91 Å². The molecule has 9 heteroatoms. The van der Waals surface area contributed by atoms with Crippen molar-refractivity contribution in [2.75, 3.05) is 24.5 Å². The van der Waals surface area contributed by atoms with Crippen LogP contribution in [-0.2, 0) is 13.5 Å². The van der Waals surface area contributed by atoms with Gasteiger partial charge in [-0.25, -0.2) is 9.97 Å². The van der Waals surface area contributed by atoms with Crippen molar-refractivity contribution in [2.45, 2.75) is 45.1 Å². The van der Waals surface area contributed by atoms with Gasteiger partial charge >= 0.3 is 0 Å². The molecule has 0 aromatic carbocycles. The Bertz CT molecular complexity index is 1070. The molecule has 0 bridgehead atoms. The highest BCUT2D eigenvalue weighted by atomic mass is 16.2. The summed E-state index contributed by atoms with van der Waals surface area (Å²) < 4.78 is 1.63. The van der Waals surface area contributed by atoms with Crippen LogP contribution in [0.4, 0.5) is 5.82 Å². The van der Waals surface area contributed by atoms with Crippen molar-refractivity contribution in [2.24, 2.45) is 12.8 Å². The lowest BCUT2D eigenvalue weighted by atomic mass is 10.0. The van der Waals surface area contributed by atoms with E-state index in [-0.39, 0.29) is 11.8 Å². The minimum absolute atomic E-state index is 0.150. The topological polar surface area (TPSA) is 118 Å². The Labute approximate surface area is 176 Å². The summed E-state index contributed by atoms with van der Waals surface area (Å²) in [6, 6.07) is 1.85. The van der Waals surface area contributed by atoms with Crippen LogP contribution in [0.15, 0.2) is 18.6 Å². The van der Waals surface area contributed by atoms with Crippen LogP contribution in [0.2, 0.25) is 0 Å². The third-order valence-corrected chi connectivity index (χ3v) is 5.92. The van der Waals surface area contributed by atoms with E-state index in [2.05, 4.69) is 51.0 Å². The highest BCUT2D eigenvalue weighted by Gasteiger charge is 2.36. The Morgan fingerprint density at radius 2 is 2.20 bits per heavy atom. The highest BCUT2D eigenvalue weighted by molar-refractivity contribution is 5.93. The maximum Gasteiger partial charge on any atom is 0.269 e. The first-order valence-corrected chi connectivity index (χ1v) is 10.5. The van der Waals surface area contributed by atoms with Crippen molar-refractivity contribution in [1.29, 1.82) is 0 Å². The lowest BCUT2D eigenvalue weighted by Crippen LogP contribution is -2.52. The first-order chi connectivity index (χ1) is 14.3. The van der Waals surface area contributed by atoms with Gasteiger partial charge in [-0.3, -0.25) is 9.48 Å². The predicted molar refractivity (Wildman–Crippen MR) is 117 cm³/mol. The molecular weight excluding hydrogens is 380 g/mol. The number of anilines is 1. The quantitative estimate of drug-likeness (QED) is 0.569. The Balaban J connectivity index is 1.46. The number of aryl methyl sites for hydroxylation is 2. The van der Waals surface area contributed by atoms with Gasteiger partial charge in [0.05, 0.1) is 16.6 Å². The van der Waals surface area contributed by atoms with Crippen molar-refractivity contribution >= 4 is 22.8 Å². The van der Waals surface area contributed by atoms with Crippen LogP contribution in [-0.4, -0.2) is 55.8 Å². The summed E-state index contributed by atoms with van der Waals surface area (Å²) in [7, 11) is 1.79.